The maximum atomic E-state index is 15.4. The lowest BCUT2D eigenvalue weighted by Crippen LogP contribution is -2.45. The van der Waals surface area contributed by atoms with Crippen molar-refractivity contribution in [2.24, 2.45) is 0 Å². The van der Waals surface area contributed by atoms with Crippen LogP contribution >= 0.6 is 0 Å². The van der Waals surface area contributed by atoms with Gasteiger partial charge >= 0.3 is 0 Å². The number of hydrogen-bond donors (Lipinski definition) is 3. The number of H-pyrrole nitrogens is 1. The Morgan fingerprint density at radius 2 is 1.53 bits per heavy atom. The van der Waals surface area contributed by atoms with E-state index in [0.717, 1.165) is 34.7 Å². The Morgan fingerprint density at radius 1 is 0.787 bits per heavy atom. The van der Waals surface area contributed by atoms with Gasteiger partial charge in [0.05, 0.1) is 5.56 Å². The van der Waals surface area contributed by atoms with E-state index in [1.807, 2.05) is 24.3 Å². The lowest BCUT2D eigenvalue weighted by Gasteiger charge is -2.19. The van der Waals surface area contributed by atoms with Crippen LogP contribution in [0.25, 0.3) is 22.0 Å². The van der Waals surface area contributed by atoms with Crippen molar-refractivity contribution in [2.45, 2.75) is 19.1 Å². The molecule has 0 fully saturated rings. The first-order chi connectivity index (χ1) is 22.7. The highest BCUT2D eigenvalue weighted by Crippen LogP contribution is 2.28. The van der Waals surface area contributed by atoms with E-state index in [-0.39, 0.29) is 35.5 Å². The summed E-state index contributed by atoms with van der Waals surface area (Å²) >= 11 is 0. The fourth-order valence-electron chi connectivity index (χ4n) is 5.10. The van der Waals surface area contributed by atoms with Crippen LogP contribution in [-0.4, -0.2) is 27.8 Å². The SMILES string of the molecule is O=C(N[C@H](Cc1c[nH]c2ccccc12)C(=O)Nc1ccncc1)c1ccc(-c2ccc(OCc3ccc(F)cc3F)c(F)c2)cc1F. The van der Waals surface area contributed by atoms with E-state index in [4.69, 9.17) is 4.74 Å². The van der Waals surface area contributed by atoms with E-state index in [1.54, 1.807) is 18.3 Å². The molecule has 0 saturated heterocycles. The van der Waals surface area contributed by atoms with E-state index in [1.165, 1.54) is 42.7 Å². The van der Waals surface area contributed by atoms with Crippen LogP contribution in [0, 0.1) is 23.3 Å². The normalized spacial score (nSPS) is 11.7. The number of anilines is 1. The topological polar surface area (TPSA) is 96.1 Å². The second kappa shape index (κ2) is 13.6. The first-order valence-corrected chi connectivity index (χ1v) is 14.5. The van der Waals surface area contributed by atoms with Crippen molar-refractivity contribution < 1.29 is 31.9 Å². The average Bonchev–Trinajstić information content (AvgIpc) is 3.47. The molecule has 0 bridgehead atoms. The summed E-state index contributed by atoms with van der Waals surface area (Å²) in [5.74, 6) is -4.73. The van der Waals surface area contributed by atoms with Gasteiger partial charge in [-0.25, -0.2) is 17.6 Å². The van der Waals surface area contributed by atoms with Crippen LogP contribution in [0.1, 0.15) is 21.5 Å². The van der Waals surface area contributed by atoms with Crippen LogP contribution in [-0.2, 0) is 17.8 Å². The van der Waals surface area contributed by atoms with Crippen LogP contribution < -0.4 is 15.4 Å². The Labute approximate surface area is 266 Å². The van der Waals surface area contributed by atoms with Gasteiger partial charge in [-0.3, -0.25) is 14.6 Å². The van der Waals surface area contributed by atoms with Gasteiger partial charge in [0.2, 0.25) is 5.91 Å². The summed E-state index contributed by atoms with van der Waals surface area (Å²) in [6, 6.07) is 20.3. The molecule has 2 heterocycles. The van der Waals surface area contributed by atoms with Gasteiger partial charge in [-0.2, -0.15) is 0 Å². The monoisotopic (exact) mass is 638 g/mol. The third-order valence-electron chi connectivity index (χ3n) is 7.55. The molecule has 6 aromatic rings. The number of halogens is 4. The largest absolute Gasteiger partial charge is 0.486 e. The number of hydrogen-bond acceptors (Lipinski definition) is 4. The number of rotatable bonds is 10. The van der Waals surface area contributed by atoms with Crippen molar-refractivity contribution in [3.05, 3.63) is 150 Å². The van der Waals surface area contributed by atoms with Crippen molar-refractivity contribution in [3.63, 3.8) is 0 Å². The average molecular weight is 639 g/mol. The number of ether oxygens (including phenoxy) is 1. The molecule has 47 heavy (non-hydrogen) atoms. The highest BCUT2D eigenvalue weighted by Gasteiger charge is 2.25. The molecular formula is C36H26F4N4O3. The summed E-state index contributed by atoms with van der Waals surface area (Å²) < 4.78 is 62.6. The predicted octanol–water partition coefficient (Wildman–Crippen LogP) is 7.35. The molecular weight excluding hydrogens is 612 g/mol. The standard InChI is InChI=1S/C36H26F4N4O3/c37-25-8-5-23(29(38)18-25)20-47-34-10-7-22(16-31(34)40)21-6-9-28(30(39)15-21)35(45)44-33(36(46)43-26-11-13-41-14-12-26)17-24-19-42-32-4-2-1-3-27(24)32/h1-16,18-19,33,42H,17,20H2,(H,44,45)(H,41,43,46)/t33-/m1/s1. The molecule has 7 nitrogen and oxygen atoms in total. The Balaban J connectivity index is 1.18. The number of nitrogens with one attached hydrogen (secondary N) is 3. The third-order valence-corrected chi connectivity index (χ3v) is 7.55. The van der Waals surface area contributed by atoms with Gasteiger partial charge in [0, 0.05) is 53.2 Å². The van der Waals surface area contributed by atoms with Crippen LogP contribution in [0.5, 0.6) is 5.75 Å². The van der Waals surface area contributed by atoms with Crippen LogP contribution in [0.4, 0.5) is 23.2 Å². The number of benzene rings is 4. The molecule has 0 unspecified atom stereocenters. The molecule has 0 aliphatic heterocycles. The first kappa shape index (κ1) is 31.0. The lowest BCUT2D eigenvalue weighted by atomic mass is 10.0. The number of carbonyl (C=O) groups excluding carboxylic acids is 2. The zero-order valence-corrected chi connectivity index (χ0v) is 24.6. The molecule has 2 aromatic heterocycles. The smallest absolute Gasteiger partial charge is 0.254 e. The van der Waals surface area contributed by atoms with Gasteiger partial charge in [0.25, 0.3) is 5.91 Å². The predicted molar refractivity (Wildman–Crippen MR) is 169 cm³/mol. The van der Waals surface area contributed by atoms with E-state index in [0.29, 0.717) is 17.3 Å². The first-order valence-electron chi connectivity index (χ1n) is 14.5. The zero-order chi connectivity index (χ0) is 32.9. The number of fused-ring (bicyclic) bond motifs is 1. The summed E-state index contributed by atoms with van der Waals surface area (Å²) in [6.07, 6.45) is 4.91. The minimum Gasteiger partial charge on any atom is -0.486 e. The van der Waals surface area contributed by atoms with Gasteiger partial charge in [-0.05, 0) is 71.3 Å². The van der Waals surface area contributed by atoms with Crippen LogP contribution in [0.15, 0.2) is 110 Å². The number of para-hydroxylation sites is 1. The van der Waals surface area contributed by atoms with Crippen molar-refractivity contribution in [1.29, 1.82) is 0 Å². The highest BCUT2D eigenvalue weighted by molar-refractivity contribution is 6.02. The van der Waals surface area contributed by atoms with Gasteiger partial charge in [-0.1, -0.05) is 30.3 Å². The molecule has 0 aliphatic carbocycles. The number of nitrogens with zero attached hydrogens (tertiary/aromatic N) is 1. The van der Waals surface area contributed by atoms with E-state index < -0.39 is 41.1 Å². The summed E-state index contributed by atoms with van der Waals surface area (Å²) in [5.41, 5.74) is 2.43. The molecule has 11 heteroatoms. The highest BCUT2D eigenvalue weighted by atomic mass is 19.1. The number of aromatic nitrogens is 2. The van der Waals surface area contributed by atoms with Crippen LogP contribution in [0.3, 0.4) is 0 Å². The quantitative estimate of drug-likeness (QED) is 0.137. The number of carbonyl (C=O) groups is 2. The third kappa shape index (κ3) is 7.14. The van der Waals surface area contributed by atoms with Gasteiger partial charge in [0.15, 0.2) is 11.6 Å². The van der Waals surface area contributed by atoms with Crippen molar-refractivity contribution in [2.75, 3.05) is 5.32 Å². The number of aromatic amines is 1. The molecule has 1 atom stereocenters. The molecule has 3 N–H and O–H groups in total. The Morgan fingerprint density at radius 3 is 2.28 bits per heavy atom. The fourth-order valence-corrected chi connectivity index (χ4v) is 5.10. The van der Waals surface area contributed by atoms with Crippen molar-refractivity contribution in [3.8, 4) is 16.9 Å². The zero-order valence-electron chi connectivity index (χ0n) is 24.6. The van der Waals surface area contributed by atoms with Gasteiger partial charge in [-0.15, -0.1) is 0 Å². The van der Waals surface area contributed by atoms with Crippen molar-refractivity contribution in [1.82, 2.24) is 15.3 Å². The summed E-state index contributed by atoms with van der Waals surface area (Å²) in [5, 5.41) is 6.30. The second-order valence-corrected chi connectivity index (χ2v) is 10.7. The van der Waals surface area contributed by atoms with E-state index in [9.17, 15) is 22.8 Å². The van der Waals surface area contributed by atoms with Gasteiger partial charge < -0.3 is 20.4 Å². The van der Waals surface area contributed by atoms with Crippen LogP contribution in [0.2, 0.25) is 0 Å². The molecule has 6 rings (SSSR count). The maximum Gasteiger partial charge on any atom is 0.254 e. The minimum absolute atomic E-state index is 0.0457. The molecule has 236 valence electrons. The number of amides is 2. The van der Waals surface area contributed by atoms with E-state index >= 15 is 4.39 Å². The minimum atomic E-state index is -1.07. The van der Waals surface area contributed by atoms with Crippen molar-refractivity contribution >= 4 is 28.4 Å². The second-order valence-electron chi connectivity index (χ2n) is 10.7. The Bertz CT molecular complexity index is 2080. The van der Waals surface area contributed by atoms with E-state index in [2.05, 4.69) is 20.6 Å². The fraction of sp³-hybridized carbons (Fsp3) is 0.0833. The summed E-state index contributed by atoms with van der Waals surface area (Å²) in [4.78, 5) is 33.8. The molecule has 0 saturated carbocycles. The Hall–Kier alpha value is -5.97. The lowest BCUT2D eigenvalue weighted by molar-refractivity contribution is -0.118. The summed E-state index contributed by atoms with van der Waals surface area (Å²) in [6.45, 7) is -0.331. The number of pyridine rings is 1. The summed E-state index contributed by atoms with van der Waals surface area (Å²) in [7, 11) is 0. The molecule has 0 radical (unpaired) electrons. The molecule has 0 spiro atoms. The molecule has 4 aromatic carbocycles. The van der Waals surface area contributed by atoms with Gasteiger partial charge in [0.1, 0.15) is 30.1 Å². The Kier molecular flexibility index (Phi) is 8.96. The maximum absolute atomic E-state index is 15.4. The molecule has 0 aliphatic rings. The molecule has 2 amide bonds.